The minimum Gasteiger partial charge on any atom is -0.387 e. The third kappa shape index (κ3) is 2.36. The molecule has 4 heteroatoms. The van der Waals surface area contributed by atoms with Crippen LogP contribution >= 0.6 is 0 Å². The summed E-state index contributed by atoms with van der Waals surface area (Å²) in [6.07, 6.45) is 1.93. The average molecular weight is 231 g/mol. The van der Waals surface area contributed by atoms with E-state index in [1.165, 1.54) is 0 Å². The normalized spacial score (nSPS) is 12.7. The number of nitrogens with zero attached hydrogens (tertiary/aromatic N) is 3. The molecule has 0 amide bonds. The number of hydrogen-bond acceptors (Lipinski definition) is 3. The van der Waals surface area contributed by atoms with Crippen molar-refractivity contribution < 1.29 is 5.11 Å². The highest BCUT2D eigenvalue weighted by atomic mass is 16.3. The quantitative estimate of drug-likeness (QED) is 0.882. The first-order valence-electron chi connectivity index (χ1n) is 5.79. The maximum Gasteiger partial charge on any atom is 0.0957 e. The van der Waals surface area contributed by atoms with Crippen molar-refractivity contribution in [3.8, 4) is 5.69 Å². The maximum atomic E-state index is 9.66. The van der Waals surface area contributed by atoms with E-state index in [9.17, 15) is 5.11 Å². The van der Waals surface area contributed by atoms with Gasteiger partial charge in [0.25, 0.3) is 0 Å². The van der Waals surface area contributed by atoms with Crippen LogP contribution in [0, 0.1) is 13.8 Å². The van der Waals surface area contributed by atoms with E-state index in [2.05, 4.69) is 10.1 Å². The average Bonchev–Trinajstić information content (AvgIpc) is 2.68. The molecule has 0 aliphatic carbocycles. The summed E-state index contributed by atoms with van der Waals surface area (Å²) >= 11 is 0. The van der Waals surface area contributed by atoms with E-state index < -0.39 is 6.10 Å². The van der Waals surface area contributed by atoms with Gasteiger partial charge in [-0.2, -0.15) is 5.10 Å². The largest absolute Gasteiger partial charge is 0.387 e. The Balaban J connectivity index is 2.32. The summed E-state index contributed by atoms with van der Waals surface area (Å²) in [5.41, 5.74) is 3.69. The Morgan fingerprint density at radius 1 is 1.35 bits per heavy atom. The lowest BCUT2D eigenvalue weighted by molar-refractivity contribution is 0.169. The molecular formula is C13H17N3O. The molecule has 1 atom stereocenters. The van der Waals surface area contributed by atoms with Crippen molar-refractivity contribution in [2.75, 3.05) is 0 Å². The second-order valence-electron chi connectivity index (χ2n) is 4.20. The Morgan fingerprint density at radius 2 is 2.12 bits per heavy atom. The lowest BCUT2D eigenvalue weighted by Gasteiger charge is -2.08. The number of aliphatic hydroxyl groups is 1. The Kier molecular flexibility index (Phi) is 3.24. The molecule has 0 aromatic carbocycles. The van der Waals surface area contributed by atoms with Crippen molar-refractivity contribution in [1.82, 2.24) is 14.8 Å². The second-order valence-corrected chi connectivity index (χ2v) is 4.20. The summed E-state index contributed by atoms with van der Waals surface area (Å²) < 4.78 is 1.85. The molecule has 0 saturated heterocycles. The summed E-state index contributed by atoms with van der Waals surface area (Å²) in [5, 5.41) is 14.1. The predicted molar refractivity (Wildman–Crippen MR) is 66.1 cm³/mol. The van der Waals surface area contributed by atoms with Gasteiger partial charge in [-0.1, -0.05) is 6.92 Å². The van der Waals surface area contributed by atoms with Crippen molar-refractivity contribution in [3.63, 3.8) is 0 Å². The van der Waals surface area contributed by atoms with Crippen molar-refractivity contribution in [2.24, 2.45) is 0 Å². The SMILES string of the molecule is CC[C@@H](O)c1ccc(-n2nc(C)cc2C)cn1. The van der Waals surface area contributed by atoms with Gasteiger partial charge in [-0.3, -0.25) is 4.98 Å². The molecule has 2 heterocycles. The van der Waals surface area contributed by atoms with Crippen LogP contribution in [0.4, 0.5) is 0 Å². The summed E-state index contributed by atoms with van der Waals surface area (Å²) in [5.74, 6) is 0. The number of aliphatic hydroxyl groups excluding tert-OH is 1. The van der Waals surface area contributed by atoms with Crippen molar-refractivity contribution in [2.45, 2.75) is 33.3 Å². The number of pyridine rings is 1. The molecule has 2 aromatic rings. The maximum absolute atomic E-state index is 9.66. The van der Waals surface area contributed by atoms with E-state index in [0.717, 1.165) is 17.1 Å². The molecule has 0 saturated carbocycles. The molecule has 0 aliphatic rings. The second kappa shape index (κ2) is 4.67. The minimum absolute atomic E-state index is 0.482. The fourth-order valence-electron chi connectivity index (χ4n) is 1.82. The van der Waals surface area contributed by atoms with Crippen LogP contribution in [-0.4, -0.2) is 19.9 Å². The first kappa shape index (κ1) is 11.8. The van der Waals surface area contributed by atoms with Gasteiger partial charge in [-0.15, -0.1) is 0 Å². The highest BCUT2D eigenvalue weighted by molar-refractivity contribution is 5.32. The molecule has 0 unspecified atom stereocenters. The van der Waals surface area contributed by atoms with Crippen LogP contribution in [0.1, 0.15) is 36.5 Å². The molecule has 1 N–H and O–H groups in total. The molecule has 4 nitrogen and oxygen atoms in total. The van der Waals surface area contributed by atoms with Crippen LogP contribution in [0.25, 0.3) is 5.69 Å². The molecule has 2 aromatic heterocycles. The zero-order valence-electron chi connectivity index (χ0n) is 10.4. The molecule has 0 aliphatic heterocycles. The van der Waals surface area contributed by atoms with Crippen LogP contribution in [0.2, 0.25) is 0 Å². The zero-order chi connectivity index (χ0) is 12.4. The molecule has 0 radical (unpaired) electrons. The Labute approximate surface area is 101 Å². The summed E-state index contributed by atoms with van der Waals surface area (Å²) in [6.45, 7) is 5.90. The molecule has 90 valence electrons. The van der Waals surface area contributed by atoms with Crippen LogP contribution in [0.15, 0.2) is 24.4 Å². The predicted octanol–water partition coefficient (Wildman–Crippen LogP) is 2.33. The number of aromatic nitrogens is 3. The lowest BCUT2D eigenvalue weighted by atomic mass is 10.2. The van der Waals surface area contributed by atoms with Crippen LogP contribution in [0.3, 0.4) is 0 Å². The van der Waals surface area contributed by atoms with Crippen LogP contribution in [0.5, 0.6) is 0 Å². The molecule has 2 rings (SSSR count). The first-order valence-corrected chi connectivity index (χ1v) is 5.79. The van der Waals surface area contributed by atoms with E-state index in [-0.39, 0.29) is 0 Å². The highest BCUT2D eigenvalue weighted by Crippen LogP contribution is 2.16. The van der Waals surface area contributed by atoms with Crippen molar-refractivity contribution in [1.29, 1.82) is 0 Å². The van der Waals surface area contributed by atoms with Gasteiger partial charge in [0, 0.05) is 5.69 Å². The Hall–Kier alpha value is -1.68. The molecule has 0 fully saturated rings. The van der Waals surface area contributed by atoms with Gasteiger partial charge in [0.15, 0.2) is 0 Å². The number of hydrogen-bond donors (Lipinski definition) is 1. The van der Waals surface area contributed by atoms with Gasteiger partial charge in [-0.05, 0) is 38.5 Å². The molecule has 0 spiro atoms. The van der Waals surface area contributed by atoms with Crippen LogP contribution in [-0.2, 0) is 0 Å². The van der Waals surface area contributed by atoms with E-state index in [0.29, 0.717) is 12.1 Å². The fraction of sp³-hybridized carbons (Fsp3) is 0.385. The standard InChI is InChI=1S/C13H17N3O/c1-4-13(17)12-6-5-11(8-14-12)16-10(3)7-9(2)15-16/h5-8,13,17H,4H2,1-3H3/t13-/m1/s1. The van der Waals surface area contributed by atoms with Gasteiger partial charge in [0.2, 0.25) is 0 Å². The van der Waals surface area contributed by atoms with E-state index in [1.54, 1.807) is 6.20 Å². The third-order valence-electron chi connectivity index (χ3n) is 2.75. The lowest BCUT2D eigenvalue weighted by Crippen LogP contribution is -2.03. The van der Waals surface area contributed by atoms with Gasteiger partial charge in [0.1, 0.15) is 0 Å². The molecule has 17 heavy (non-hydrogen) atoms. The third-order valence-corrected chi connectivity index (χ3v) is 2.75. The van der Waals surface area contributed by atoms with Crippen molar-refractivity contribution >= 4 is 0 Å². The topological polar surface area (TPSA) is 50.9 Å². The molecular weight excluding hydrogens is 214 g/mol. The van der Waals surface area contributed by atoms with Gasteiger partial charge < -0.3 is 5.11 Å². The van der Waals surface area contributed by atoms with E-state index in [4.69, 9.17) is 0 Å². The summed E-state index contributed by atoms with van der Waals surface area (Å²) in [6, 6.07) is 5.80. The van der Waals surface area contributed by atoms with E-state index >= 15 is 0 Å². The van der Waals surface area contributed by atoms with Crippen molar-refractivity contribution in [3.05, 3.63) is 41.5 Å². The molecule has 0 bridgehead atoms. The zero-order valence-corrected chi connectivity index (χ0v) is 10.4. The number of rotatable bonds is 3. The summed E-state index contributed by atoms with van der Waals surface area (Å²) in [7, 11) is 0. The van der Waals surface area contributed by atoms with Crippen LogP contribution < -0.4 is 0 Å². The van der Waals surface area contributed by atoms with Gasteiger partial charge >= 0.3 is 0 Å². The smallest absolute Gasteiger partial charge is 0.0957 e. The minimum atomic E-state index is -0.482. The fourth-order valence-corrected chi connectivity index (χ4v) is 1.82. The first-order chi connectivity index (χ1) is 8.11. The van der Waals surface area contributed by atoms with Gasteiger partial charge in [0.05, 0.1) is 29.4 Å². The van der Waals surface area contributed by atoms with E-state index in [1.807, 2.05) is 43.7 Å². The number of aryl methyl sites for hydroxylation is 2. The summed E-state index contributed by atoms with van der Waals surface area (Å²) in [4.78, 5) is 4.27. The monoisotopic (exact) mass is 231 g/mol. The Bertz CT molecular complexity index is 502. The van der Waals surface area contributed by atoms with Gasteiger partial charge in [-0.25, -0.2) is 4.68 Å². The Morgan fingerprint density at radius 3 is 2.59 bits per heavy atom. The highest BCUT2D eigenvalue weighted by Gasteiger charge is 2.08.